The Hall–Kier alpha value is -2.47. The minimum absolute atomic E-state index is 0.235. The van der Waals surface area contributed by atoms with Crippen molar-refractivity contribution in [3.63, 3.8) is 0 Å². The molecule has 1 heterocycles. The normalized spacial score (nSPS) is 10.1. The molecule has 1 amide bonds. The maximum Gasteiger partial charge on any atom is 0.275 e. The lowest BCUT2D eigenvalue weighted by atomic mass is 10.1. The predicted molar refractivity (Wildman–Crippen MR) is 73.7 cm³/mol. The summed E-state index contributed by atoms with van der Waals surface area (Å²) in [5.74, 6) is 5.28. The van der Waals surface area contributed by atoms with Crippen LogP contribution in [0.3, 0.4) is 0 Å². The molecule has 19 heavy (non-hydrogen) atoms. The van der Waals surface area contributed by atoms with Gasteiger partial charge in [-0.3, -0.25) is 4.79 Å². The molecular formula is C13H15N5O. The number of nitrogen functional groups attached to an aromatic ring is 1. The van der Waals surface area contributed by atoms with Crippen LogP contribution in [0.4, 0.5) is 11.5 Å². The van der Waals surface area contributed by atoms with Crippen LogP contribution in [0, 0.1) is 13.8 Å². The van der Waals surface area contributed by atoms with Crippen LogP contribution in [0.15, 0.2) is 30.6 Å². The first-order valence-electron chi connectivity index (χ1n) is 5.77. The highest BCUT2D eigenvalue weighted by Gasteiger charge is 2.09. The smallest absolute Gasteiger partial charge is 0.275 e. The molecule has 0 aliphatic carbocycles. The van der Waals surface area contributed by atoms with Crippen molar-refractivity contribution in [1.82, 2.24) is 9.97 Å². The number of aryl methyl sites for hydroxylation is 2. The molecule has 0 saturated heterocycles. The number of carbonyl (C=O) groups excluding carboxylic acids is 1. The van der Waals surface area contributed by atoms with Crippen molar-refractivity contribution < 1.29 is 4.79 Å². The van der Waals surface area contributed by atoms with E-state index in [-0.39, 0.29) is 11.6 Å². The number of hydrogen-bond donors (Lipinski definition) is 3. The summed E-state index contributed by atoms with van der Waals surface area (Å²) in [6.07, 6.45) is 2.77. The lowest BCUT2D eigenvalue weighted by molar-refractivity contribution is 0.102. The van der Waals surface area contributed by atoms with Gasteiger partial charge in [0.05, 0.1) is 12.4 Å². The number of amides is 1. The number of nitrogens with zero attached hydrogens (tertiary/aromatic N) is 2. The number of hydrazine groups is 1. The molecule has 2 aromatic rings. The van der Waals surface area contributed by atoms with Crippen LogP contribution in [0.2, 0.25) is 0 Å². The van der Waals surface area contributed by atoms with Gasteiger partial charge in [0.25, 0.3) is 5.91 Å². The fraction of sp³-hybridized carbons (Fsp3) is 0.154. The molecule has 98 valence electrons. The quantitative estimate of drug-likeness (QED) is 0.574. The molecule has 0 atom stereocenters. The second-order valence-electron chi connectivity index (χ2n) is 4.20. The average molecular weight is 257 g/mol. The summed E-state index contributed by atoms with van der Waals surface area (Å²) in [6, 6.07) is 5.81. The SMILES string of the molecule is Cc1ccc(NC(=O)c2cnc(NN)cn2)c(C)c1. The monoisotopic (exact) mass is 257 g/mol. The standard InChI is InChI=1S/C13H15N5O/c1-8-3-4-10(9(2)5-8)17-13(19)11-6-16-12(18-14)7-15-11/h3-7H,14H2,1-2H3,(H,16,18)(H,17,19). The number of nitrogens with one attached hydrogen (secondary N) is 2. The third-order valence-corrected chi connectivity index (χ3v) is 2.66. The fourth-order valence-corrected chi connectivity index (χ4v) is 1.66. The molecule has 0 saturated carbocycles. The number of rotatable bonds is 3. The molecule has 0 unspecified atom stereocenters. The Labute approximate surface area is 111 Å². The summed E-state index contributed by atoms with van der Waals surface area (Å²) in [5.41, 5.74) is 5.50. The molecule has 0 radical (unpaired) electrons. The molecule has 0 bridgehead atoms. The van der Waals surface area contributed by atoms with E-state index in [4.69, 9.17) is 5.84 Å². The minimum atomic E-state index is -0.303. The van der Waals surface area contributed by atoms with E-state index in [1.165, 1.54) is 12.4 Å². The van der Waals surface area contributed by atoms with Crippen LogP contribution >= 0.6 is 0 Å². The van der Waals surface area contributed by atoms with E-state index in [1.54, 1.807) is 0 Å². The van der Waals surface area contributed by atoms with E-state index in [0.29, 0.717) is 5.82 Å². The minimum Gasteiger partial charge on any atom is -0.320 e. The van der Waals surface area contributed by atoms with Crippen LogP contribution in [-0.4, -0.2) is 15.9 Å². The van der Waals surface area contributed by atoms with Gasteiger partial charge >= 0.3 is 0 Å². The van der Waals surface area contributed by atoms with Gasteiger partial charge < -0.3 is 10.7 Å². The Kier molecular flexibility index (Phi) is 3.72. The summed E-state index contributed by atoms with van der Waals surface area (Å²) >= 11 is 0. The van der Waals surface area contributed by atoms with Gasteiger partial charge in [0, 0.05) is 5.69 Å². The zero-order chi connectivity index (χ0) is 13.8. The number of carbonyl (C=O) groups is 1. The fourth-order valence-electron chi connectivity index (χ4n) is 1.66. The van der Waals surface area contributed by atoms with Crippen molar-refractivity contribution in [2.75, 3.05) is 10.7 Å². The molecule has 2 rings (SSSR count). The summed E-state index contributed by atoms with van der Waals surface area (Å²) in [6.45, 7) is 3.94. The first-order chi connectivity index (χ1) is 9.10. The predicted octanol–water partition coefficient (Wildman–Crippen LogP) is 1.63. The molecule has 6 heteroatoms. The zero-order valence-corrected chi connectivity index (χ0v) is 10.8. The second kappa shape index (κ2) is 5.45. The Balaban J connectivity index is 2.15. The van der Waals surface area contributed by atoms with Crippen molar-refractivity contribution in [3.8, 4) is 0 Å². The summed E-state index contributed by atoms with van der Waals surface area (Å²) in [5, 5.41) is 2.80. The van der Waals surface area contributed by atoms with Gasteiger partial charge in [0.2, 0.25) is 0 Å². The number of hydrogen-bond acceptors (Lipinski definition) is 5. The molecule has 1 aromatic carbocycles. The maximum absolute atomic E-state index is 12.0. The van der Waals surface area contributed by atoms with Crippen LogP contribution in [0.25, 0.3) is 0 Å². The van der Waals surface area contributed by atoms with Gasteiger partial charge in [-0.2, -0.15) is 0 Å². The van der Waals surface area contributed by atoms with E-state index in [2.05, 4.69) is 20.7 Å². The van der Waals surface area contributed by atoms with Crippen LogP contribution in [-0.2, 0) is 0 Å². The first-order valence-corrected chi connectivity index (χ1v) is 5.77. The number of aromatic nitrogens is 2. The summed E-state index contributed by atoms with van der Waals surface area (Å²) in [4.78, 5) is 19.9. The molecule has 0 aliphatic rings. The highest BCUT2D eigenvalue weighted by Crippen LogP contribution is 2.16. The molecule has 0 aliphatic heterocycles. The number of benzene rings is 1. The van der Waals surface area contributed by atoms with Gasteiger partial charge in [0.15, 0.2) is 5.82 Å². The topological polar surface area (TPSA) is 92.9 Å². The van der Waals surface area contributed by atoms with Gasteiger partial charge in [-0.25, -0.2) is 15.8 Å². The third-order valence-electron chi connectivity index (χ3n) is 2.66. The van der Waals surface area contributed by atoms with Crippen LogP contribution in [0.1, 0.15) is 21.6 Å². The van der Waals surface area contributed by atoms with E-state index >= 15 is 0 Å². The first kappa shape index (κ1) is 13.0. The van der Waals surface area contributed by atoms with Crippen molar-refractivity contribution in [3.05, 3.63) is 47.4 Å². The molecule has 1 aromatic heterocycles. The maximum atomic E-state index is 12.0. The summed E-state index contributed by atoms with van der Waals surface area (Å²) < 4.78 is 0. The molecule has 0 spiro atoms. The third kappa shape index (κ3) is 3.05. The van der Waals surface area contributed by atoms with E-state index in [1.807, 2.05) is 32.0 Å². The van der Waals surface area contributed by atoms with Crippen molar-refractivity contribution in [2.24, 2.45) is 5.84 Å². The molecule has 4 N–H and O–H groups in total. The van der Waals surface area contributed by atoms with Gasteiger partial charge in [-0.15, -0.1) is 0 Å². The number of anilines is 2. The Morgan fingerprint density at radius 3 is 2.58 bits per heavy atom. The lowest BCUT2D eigenvalue weighted by Gasteiger charge is -2.08. The Morgan fingerprint density at radius 2 is 2.00 bits per heavy atom. The zero-order valence-electron chi connectivity index (χ0n) is 10.8. The number of nitrogens with two attached hydrogens (primary N) is 1. The Bertz CT molecular complexity index is 594. The van der Waals surface area contributed by atoms with Gasteiger partial charge in [-0.05, 0) is 25.5 Å². The highest BCUT2D eigenvalue weighted by molar-refractivity contribution is 6.03. The van der Waals surface area contributed by atoms with E-state index in [0.717, 1.165) is 16.8 Å². The highest BCUT2D eigenvalue weighted by atomic mass is 16.1. The second-order valence-corrected chi connectivity index (χ2v) is 4.20. The van der Waals surface area contributed by atoms with Crippen LogP contribution in [0.5, 0.6) is 0 Å². The van der Waals surface area contributed by atoms with Gasteiger partial charge in [0.1, 0.15) is 5.69 Å². The van der Waals surface area contributed by atoms with Crippen molar-refractivity contribution >= 4 is 17.4 Å². The summed E-state index contributed by atoms with van der Waals surface area (Å²) in [7, 11) is 0. The lowest BCUT2D eigenvalue weighted by Crippen LogP contribution is -2.16. The Morgan fingerprint density at radius 1 is 1.21 bits per heavy atom. The molecule has 6 nitrogen and oxygen atoms in total. The van der Waals surface area contributed by atoms with Crippen molar-refractivity contribution in [2.45, 2.75) is 13.8 Å². The van der Waals surface area contributed by atoms with Crippen molar-refractivity contribution in [1.29, 1.82) is 0 Å². The molecule has 0 fully saturated rings. The molecular weight excluding hydrogens is 242 g/mol. The largest absolute Gasteiger partial charge is 0.320 e. The van der Waals surface area contributed by atoms with Crippen LogP contribution < -0.4 is 16.6 Å². The van der Waals surface area contributed by atoms with E-state index in [9.17, 15) is 4.79 Å². The van der Waals surface area contributed by atoms with Gasteiger partial charge in [-0.1, -0.05) is 17.7 Å². The average Bonchev–Trinajstić information content (AvgIpc) is 2.42. The van der Waals surface area contributed by atoms with E-state index < -0.39 is 0 Å².